The summed E-state index contributed by atoms with van der Waals surface area (Å²) in [7, 11) is 0. The van der Waals surface area contributed by atoms with E-state index in [0.29, 0.717) is 22.7 Å². The lowest BCUT2D eigenvalue weighted by Gasteiger charge is -2.34. The Hall–Kier alpha value is -1.32. The van der Waals surface area contributed by atoms with Gasteiger partial charge in [0.1, 0.15) is 5.56 Å². The van der Waals surface area contributed by atoms with Crippen LogP contribution in [0.2, 0.25) is 0 Å². The average Bonchev–Trinajstić information content (AvgIpc) is 2.60. The second-order valence-electron chi connectivity index (χ2n) is 5.81. The first-order chi connectivity index (χ1) is 7.89. The Morgan fingerprint density at radius 3 is 2.53 bits per heavy atom. The van der Waals surface area contributed by atoms with Crippen molar-refractivity contribution >= 4 is 5.97 Å². The molecule has 1 aromatic heterocycles. The molecule has 0 unspecified atom stereocenters. The van der Waals surface area contributed by atoms with Gasteiger partial charge in [0.25, 0.3) is 0 Å². The molecule has 0 amide bonds. The van der Waals surface area contributed by atoms with Gasteiger partial charge in [0, 0.05) is 6.20 Å². The fraction of sp³-hybridized carbons (Fsp3) is 0.692. The second-order valence-corrected chi connectivity index (χ2v) is 5.81. The largest absolute Gasteiger partial charge is 0.478 e. The molecule has 1 N–H and O–H groups in total. The molecule has 1 aliphatic rings. The highest BCUT2D eigenvalue weighted by atomic mass is 16.4. The summed E-state index contributed by atoms with van der Waals surface area (Å²) < 4.78 is 1.86. The number of hydrogen-bond donors (Lipinski definition) is 1. The van der Waals surface area contributed by atoms with E-state index < -0.39 is 5.97 Å². The molecule has 0 bridgehead atoms. The standard InChI is InChI=1S/C13H20N2O2/c1-9-11(12(16)17)8-15(14-9)10-4-6-13(2,3)7-5-10/h8,10H,4-7H2,1-3H3,(H,16,17). The Balaban J connectivity index is 2.14. The molecule has 17 heavy (non-hydrogen) atoms. The third kappa shape index (κ3) is 2.51. The van der Waals surface area contributed by atoms with Crippen LogP contribution in [-0.4, -0.2) is 20.9 Å². The van der Waals surface area contributed by atoms with Crippen molar-refractivity contribution in [2.45, 2.75) is 52.5 Å². The fourth-order valence-electron chi connectivity index (χ4n) is 2.53. The maximum Gasteiger partial charge on any atom is 0.339 e. The summed E-state index contributed by atoms with van der Waals surface area (Å²) in [4.78, 5) is 11.0. The highest BCUT2D eigenvalue weighted by molar-refractivity contribution is 5.88. The van der Waals surface area contributed by atoms with Crippen molar-refractivity contribution in [1.82, 2.24) is 9.78 Å². The minimum Gasteiger partial charge on any atom is -0.478 e. The van der Waals surface area contributed by atoms with Crippen LogP contribution in [-0.2, 0) is 0 Å². The quantitative estimate of drug-likeness (QED) is 0.858. The molecule has 1 fully saturated rings. The molecule has 1 saturated carbocycles. The van der Waals surface area contributed by atoms with Crippen molar-refractivity contribution in [2.75, 3.05) is 0 Å². The number of rotatable bonds is 2. The number of carboxylic acid groups (broad SMARTS) is 1. The van der Waals surface area contributed by atoms with Crippen molar-refractivity contribution in [3.05, 3.63) is 17.5 Å². The van der Waals surface area contributed by atoms with Gasteiger partial charge in [-0.1, -0.05) is 13.8 Å². The summed E-state index contributed by atoms with van der Waals surface area (Å²) in [5.74, 6) is -0.884. The molecule has 1 aliphatic carbocycles. The lowest BCUT2D eigenvalue weighted by atomic mass is 9.76. The smallest absolute Gasteiger partial charge is 0.339 e. The van der Waals surface area contributed by atoms with E-state index in [4.69, 9.17) is 5.11 Å². The molecule has 0 aromatic carbocycles. The van der Waals surface area contributed by atoms with Crippen molar-refractivity contribution in [1.29, 1.82) is 0 Å². The highest BCUT2D eigenvalue weighted by Gasteiger charge is 2.28. The third-order valence-corrected chi connectivity index (χ3v) is 3.83. The fourth-order valence-corrected chi connectivity index (χ4v) is 2.53. The van der Waals surface area contributed by atoms with E-state index in [9.17, 15) is 4.79 Å². The lowest BCUT2D eigenvalue weighted by Crippen LogP contribution is -2.23. The van der Waals surface area contributed by atoms with E-state index in [0.717, 1.165) is 12.8 Å². The lowest BCUT2D eigenvalue weighted by molar-refractivity contribution is 0.0696. The van der Waals surface area contributed by atoms with Crippen LogP contribution >= 0.6 is 0 Å². The Morgan fingerprint density at radius 2 is 2.06 bits per heavy atom. The van der Waals surface area contributed by atoms with Crippen molar-refractivity contribution < 1.29 is 9.90 Å². The number of nitrogens with zero attached hydrogens (tertiary/aromatic N) is 2. The van der Waals surface area contributed by atoms with Gasteiger partial charge in [-0.05, 0) is 38.0 Å². The predicted octanol–water partition coefficient (Wildman–Crippen LogP) is 3.03. The van der Waals surface area contributed by atoms with Crippen LogP contribution < -0.4 is 0 Å². The van der Waals surface area contributed by atoms with Gasteiger partial charge >= 0.3 is 5.97 Å². The SMILES string of the molecule is Cc1nn(C2CCC(C)(C)CC2)cc1C(=O)O. The van der Waals surface area contributed by atoms with Gasteiger partial charge in [0.05, 0.1) is 11.7 Å². The van der Waals surface area contributed by atoms with Crippen LogP contribution in [0, 0.1) is 12.3 Å². The molecule has 0 aliphatic heterocycles. The number of aromatic nitrogens is 2. The maximum atomic E-state index is 11.0. The van der Waals surface area contributed by atoms with Gasteiger partial charge in [-0.2, -0.15) is 5.10 Å². The van der Waals surface area contributed by atoms with E-state index in [1.807, 2.05) is 4.68 Å². The molecule has 4 heteroatoms. The van der Waals surface area contributed by atoms with Gasteiger partial charge in [0.2, 0.25) is 0 Å². The summed E-state index contributed by atoms with van der Waals surface area (Å²) >= 11 is 0. The molecule has 94 valence electrons. The first-order valence-corrected chi connectivity index (χ1v) is 6.18. The Morgan fingerprint density at radius 1 is 1.47 bits per heavy atom. The van der Waals surface area contributed by atoms with Crippen LogP contribution in [0.15, 0.2) is 6.20 Å². The molecule has 4 nitrogen and oxygen atoms in total. The normalized spacial score (nSPS) is 20.4. The molecule has 0 atom stereocenters. The van der Waals surface area contributed by atoms with Crippen molar-refractivity contribution in [2.24, 2.45) is 5.41 Å². The van der Waals surface area contributed by atoms with E-state index in [1.165, 1.54) is 12.8 Å². The zero-order valence-electron chi connectivity index (χ0n) is 10.7. The third-order valence-electron chi connectivity index (χ3n) is 3.83. The summed E-state index contributed by atoms with van der Waals surface area (Å²) in [5.41, 5.74) is 1.37. The monoisotopic (exact) mass is 236 g/mol. The van der Waals surface area contributed by atoms with Crippen LogP contribution in [0.25, 0.3) is 0 Å². The zero-order valence-corrected chi connectivity index (χ0v) is 10.7. The van der Waals surface area contributed by atoms with Crippen LogP contribution in [0.5, 0.6) is 0 Å². The second kappa shape index (κ2) is 4.17. The molecule has 0 saturated heterocycles. The molecule has 1 heterocycles. The number of carbonyl (C=O) groups is 1. The topological polar surface area (TPSA) is 55.1 Å². The molecule has 0 spiro atoms. The Kier molecular flexibility index (Phi) is 2.98. The minimum atomic E-state index is -0.884. The van der Waals surface area contributed by atoms with Crippen molar-refractivity contribution in [3.63, 3.8) is 0 Å². The van der Waals surface area contributed by atoms with Crippen molar-refractivity contribution in [3.8, 4) is 0 Å². The Labute approximate surface area is 102 Å². The predicted molar refractivity (Wildman–Crippen MR) is 65.2 cm³/mol. The molecular formula is C13H20N2O2. The van der Waals surface area contributed by atoms with Gasteiger partial charge < -0.3 is 5.11 Å². The first-order valence-electron chi connectivity index (χ1n) is 6.18. The minimum absolute atomic E-state index is 0.329. The molecular weight excluding hydrogens is 216 g/mol. The van der Waals surface area contributed by atoms with E-state index >= 15 is 0 Å². The van der Waals surface area contributed by atoms with Crippen LogP contribution in [0.4, 0.5) is 0 Å². The van der Waals surface area contributed by atoms with Gasteiger partial charge in [-0.3, -0.25) is 4.68 Å². The Bertz CT molecular complexity index is 425. The van der Waals surface area contributed by atoms with Gasteiger partial charge in [-0.25, -0.2) is 4.79 Å². The van der Waals surface area contributed by atoms with Gasteiger partial charge in [-0.15, -0.1) is 0 Å². The first kappa shape index (κ1) is 12.1. The molecule has 2 rings (SSSR count). The number of aryl methyl sites for hydroxylation is 1. The summed E-state index contributed by atoms with van der Waals surface area (Å²) in [6, 6.07) is 0.370. The summed E-state index contributed by atoms with van der Waals surface area (Å²) in [6.45, 7) is 6.34. The average molecular weight is 236 g/mol. The van der Waals surface area contributed by atoms with E-state index in [-0.39, 0.29) is 0 Å². The highest BCUT2D eigenvalue weighted by Crippen LogP contribution is 2.39. The van der Waals surface area contributed by atoms with E-state index in [2.05, 4.69) is 18.9 Å². The summed E-state index contributed by atoms with van der Waals surface area (Å²) in [6.07, 6.45) is 6.22. The van der Waals surface area contributed by atoms with Crippen LogP contribution in [0.3, 0.4) is 0 Å². The van der Waals surface area contributed by atoms with E-state index in [1.54, 1.807) is 13.1 Å². The molecule has 0 radical (unpaired) electrons. The molecule has 1 aromatic rings. The van der Waals surface area contributed by atoms with Crippen LogP contribution in [0.1, 0.15) is 61.6 Å². The zero-order chi connectivity index (χ0) is 12.6. The summed E-state index contributed by atoms with van der Waals surface area (Å²) in [5, 5.41) is 13.3. The number of carboxylic acids is 1. The maximum absolute atomic E-state index is 11.0. The number of aromatic carboxylic acids is 1. The number of hydrogen-bond acceptors (Lipinski definition) is 2. The van der Waals surface area contributed by atoms with Gasteiger partial charge in [0.15, 0.2) is 0 Å².